The zero-order valence-corrected chi connectivity index (χ0v) is 9.81. The number of rotatable bonds is 2. The number of alkyl halides is 3. The lowest BCUT2D eigenvalue weighted by Crippen LogP contribution is -2.25. The Hall–Kier alpha value is -0.850. The standard InChI is InChI=1S/C10H12F3N3S/c11-10(12,13)8-15-16-9(17-8)14-7-4-5-1-2-6(7)3-5/h5-7H,1-4H2,(H,14,16). The highest BCUT2D eigenvalue weighted by Crippen LogP contribution is 2.46. The van der Waals surface area contributed by atoms with Gasteiger partial charge in [0.05, 0.1) is 0 Å². The molecule has 0 saturated heterocycles. The number of nitrogens with one attached hydrogen (secondary N) is 1. The molecule has 0 aliphatic heterocycles. The summed E-state index contributed by atoms with van der Waals surface area (Å²) in [6, 6.07) is 0.294. The van der Waals surface area contributed by atoms with Gasteiger partial charge >= 0.3 is 6.18 Å². The van der Waals surface area contributed by atoms with Gasteiger partial charge in [0.1, 0.15) is 0 Å². The quantitative estimate of drug-likeness (QED) is 0.890. The van der Waals surface area contributed by atoms with Gasteiger partial charge in [-0.25, -0.2) is 0 Å². The Kier molecular flexibility index (Phi) is 2.53. The van der Waals surface area contributed by atoms with Crippen LogP contribution in [0.15, 0.2) is 0 Å². The van der Waals surface area contributed by atoms with Crippen molar-refractivity contribution in [3.63, 3.8) is 0 Å². The van der Waals surface area contributed by atoms with Crippen LogP contribution in [-0.2, 0) is 6.18 Å². The second-order valence-electron chi connectivity index (χ2n) is 4.84. The summed E-state index contributed by atoms with van der Waals surface area (Å²) >= 11 is 0.596. The maximum Gasteiger partial charge on any atom is 0.445 e. The normalized spacial score (nSPS) is 32.1. The summed E-state index contributed by atoms with van der Waals surface area (Å²) in [5, 5.41) is 9.28. The summed E-state index contributed by atoms with van der Waals surface area (Å²) in [4.78, 5) is 0. The maximum atomic E-state index is 12.3. The summed E-state index contributed by atoms with van der Waals surface area (Å²) in [5.74, 6) is 1.37. The Morgan fingerprint density at radius 3 is 2.53 bits per heavy atom. The van der Waals surface area contributed by atoms with E-state index in [1.165, 1.54) is 19.3 Å². The number of halogens is 3. The summed E-state index contributed by atoms with van der Waals surface area (Å²) in [6.45, 7) is 0. The van der Waals surface area contributed by atoms with Gasteiger partial charge in [-0.15, -0.1) is 10.2 Å². The lowest BCUT2D eigenvalue weighted by molar-refractivity contribution is -0.138. The number of fused-ring (bicyclic) bond motifs is 2. The smallest absolute Gasteiger partial charge is 0.357 e. The van der Waals surface area contributed by atoms with Gasteiger partial charge in [0.2, 0.25) is 10.1 Å². The minimum atomic E-state index is -4.38. The predicted molar refractivity (Wildman–Crippen MR) is 57.8 cm³/mol. The molecule has 0 aromatic carbocycles. The van der Waals surface area contributed by atoms with Crippen LogP contribution >= 0.6 is 11.3 Å². The Morgan fingerprint density at radius 1 is 1.18 bits per heavy atom. The molecule has 2 fully saturated rings. The van der Waals surface area contributed by atoms with Gasteiger partial charge in [-0.3, -0.25) is 0 Å². The van der Waals surface area contributed by atoms with E-state index in [1.54, 1.807) is 0 Å². The third kappa shape index (κ3) is 2.12. The maximum absolute atomic E-state index is 12.3. The van der Waals surface area contributed by atoms with E-state index in [1.807, 2.05) is 0 Å². The lowest BCUT2D eigenvalue weighted by Gasteiger charge is -2.21. The van der Waals surface area contributed by atoms with Gasteiger partial charge in [-0.2, -0.15) is 13.2 Å². The minimum absolute atomic E-state index is 0.294. The first-order valence-corrected chi connectivity index (χ1v) is 6.51. The molecular weight excluding hydrogens is 251 g/mol. The van der Waals surface area contributed by atoms with Gasteiger partial charge in [-0.1, -0.05) is 17.8 Å². The first-order valence-electron chi connectivity index (χ1n) is 5.69. The van der Waals surface area contributed by atoms with Crippen molar-refractivity contribution in [1.29, 1.82) is 0 Å². The molecule has 1 heterocycles. The summed E-state index contributed by atoms with van der Waals surface area (Å²) in [5.41, 5.74) is 0. The summed E-state index contributed by atoms with van der Waals surface area (Å²) in [6.07, 6.45) is 0.348. The number of anilines is 1. The molecule has 3 atom stereocenters. The zero-order valence-electron chi connectivity index (χ0n) is 9.00. The van der Waals surface area contributed by atoms with E-state index >= 15 is 0 Å². The molecule has 2 saturated carbocycles. The molecule has 0 spiro atoms. The van der Waals surface area contributed by atoms with E-state index in [9.17, 15) is 13.2 Å². The molecule has 1 aromatic rings. The third-order valence-corrected chi connectivity index (χ3v) is 4.61. The van der Waals surface area contributed by atoms with Crippen molar-refractivity contribution in [2.75, 3.05) is 5.32 Å². The highest BCUT2D eigenvalue weighted by Gasteiger charge is 2.40. The molecule has 1 N–H and O–H groups in total. The summed E-state index contributed by atoms with van der Waals surface area (Å²) in [7, 11) is 0. The van der Waals surface area contributed by atoms with Crippen LogP contribution in [0.1, 0.15) is 30.7 Å². The van der Waals surface area contributed by atoms with Gasteiger partial charge < -0.3 is 5.32 Å². The van der Waals surface area contributed by atoms with Gasteiger partial charge in [-0.05, 0) is 31.1 Å². The van der Waals surface area contributed by atoms with E-state index < -0.39 is 11.2 Å². The number of hydrogen-bond donors (Lipinski definition) is 1. The fourth-order valence-electron chi connectivity index (χ4n) is 2.98. The van der Waals surface area contributed by atoms with Crippen molar-refractivity contribution in [3.05, 3.63) is 5.01 Å². The zero-order chi connectivity index (χ0) is 12.0. The molecule has 3 rings (SSSR count). The first-order chi connectivity index (χ1) is 8.02. The fraction of sp³-hybridized carbons (Fsp3) is 0.800. The summed E-state index contributed by atoms with van der Waals surface area (Å²) < 4.78 is 37.0. The van der Waals surface area contributed by atoms with Crippen molar-refractivity contribution in [2.24, 2.45) is 11.8 Å². The monoisotopic (exact) mass is 263 g/mol. The molecule has 0 amide bonds. The second-order valence-corrected chi connectivity index (χ2v) is 5.81. The molecule has 2 aliphatic carbocycles. The van der Waals surface area contributed by atoms with Gasteiger partial charge in [0, 0.05) is 6.04 Å². The molecular formula is C10H12F3N3S. The van der Waals surface area contributed by atoms with Crippen LogP contribution < -0.4 is 5.32 Å². The molecule has 3 unspecified atom stereocenters. The Morgan fingerprint density at radius 2 is 2.00 bits per heavy atom. The minimum Gasteiger partial charge on any atom is -0.357 e. The molecule has 0 radical (unpaired) electrons. The molecule has 17 heavy (non-hydrogen) atoms. The van der Waals surface area contributed by atoms with Crippen molar-refractivity contribution in [3.8, 4) is 0 Å². The molecule has 94 valence electrons. The van der Waals surface area contributed by atoms with Crippen LogP contribution in [0, 0.1) is 11.8 Å². The Balaban J connectivity index is 1.68. The average Bonchev–Trinajstić information content (AvgIpc) is 2.89. The Bertz CT molecular complexity index is 417. The van der Waals surface area contributed by atoms with E-state index in [-0.39, 0.29) is 0 Å². The number of aromatic nitrogens is 2. The van der Waals surface area contributed by atoms with Crippen LogP contribution in [0.5, 0.6) is 0 Å². The van der Waals surface area contributed by atoms with Gasteiger partial charge in [0.15, 0.2) is 0 Å². The molecule has 2 aliphatic rings. The third-order valence-electron chi connectivity index (χ3n) is 3.71. The van der Waals surface area contributed by atoms with E-state index in [0.717, 1.165) is 12.3 Å². The van der Waals surface area contributed by atoms with E-state index in [2.05, 4.69) is 15.5 Å². The van der Waals surface area contributed by atoms with Crippen LogP contribution in [0.25, 0.3) is 0 Å². The van der Waals surface area contributed by atoms with Crippen LogP contribution in [0.3, 0.4) is 0 Å². The fourth-order valence-corrected chi connectivity index (χ4v) is 3.65. The number of nitrogens with zero attached hydrogens (tertiary/aromatic N) is 2. The molecule has 1 aromatic heterocycles. The predicted octanol–water partition coefficient (Wildman–Crippen LogP) is 3.16. The van der Waals surface area contributed by atoms with Gasteiger partial charge in [0.25, 0.3) is 0 Å². The van der Waals surface area contributed by atoms with Crippen LogP contribution in [0.4, 0.5) is 18.3 Å². The van der Waals surface area contributed by atoms with Crippen molar-refractivity contribution >= 4 is 16.5 Å². The highest BCUT2D eigenvalue weighted by molar-refractivity contribution is 7.15. The first kappa shape index (κ1) is 11.3. The van der Waals surface area contributed by atoms with E-state index in [4.69, 9.17) is 0 Å². The van der Waals surface area contributed by atoms with E-state index in [0.29, 0.717) is 28.4 Å². The lowest BCUT2D eigenvalue weighted by atomic mass is 9.96. The van der Waals surface area contributed by atoms with Crippen LogP contribution in [0.2, 0.25) is 0 Å². The van der Waals surface area contributed by atoms with Crippen molar-refractivity contribution < 1.29 is 13.2 Å². The number of hydrogen-bond acceptors (Lipinski definition) is 4. The largest absolute Gasteiger partial charge is 0.445 e. The topological polar surface area (TPSA) is 37.8 Å². The van der Waals surface area contributed by atoms with Crippen molar-refractivity contribution in [2.45, 2.75) is 37.9 Å². The SMILES string of the molecule is FC(F)(F)c1nnc(NC2CC3CCC2C3)s1. The van der Waals surface area contributed by atoms with Crippen LogP contribution in [-0.4, -0.2) is 16.2 Å². The Labute approximate surface area is 100 Å². The average molecular weight is 263 g/mol. The molecule has 7 heteroatoms. The molecule has 3 nitrogen and oxygen atoms in total. The highest BCUT2D eigenvalue weighted by atomic mass is 32.1. The second kappa shape index (κ2) is 3.83. The van der Waals surface area contributed by atoms with Crippen molar-refractivity contribution in [1.82, 2.24) is 10.2 Å². The molecule has 2 bridgehead atoms.